The summed E-state index contributed by atoms with van der Waals surface area (Å²) in [6, 6.07) is 0. The number of aliphatic hydroxyl groups is 1. The molecule has 5 nitrogen and oxygen atoms in total. The number of rotatable bonds is 6. The van der Waals surface area contributed by atoms with E-state index in [9.17, 15) is 14.7 Å². The fourth-order valence-corrected chi connectivity index (χ4v) is 1.52. The highest BCUT2D eigenvalue weighted by molar-refractivity contribution is 6.63. The first-order valence-corrected chi connectivity index (χ1v) is 6.18. The van der Waals surface area contributed by atoms with Crippen LogP contribution in [0.25, 0.3) is 0 Å². The predicted octanol–water partition coefficient (Wildman–Crippen LogP) is -0.00860. The SMILES string of the molecule is CC(C)CC(=O)Cl.C[N+](C)(C)C[C@H](O)CC(=O)[O-]. The Labute approximate surface area is 114 Å². The molecule has 0 bridgehead atoms. The summed E-state index contributed by atoms with van der Waals surface area (Å²) >= 11 is 5.03. The van der Waals surface area contributed by atoms with Crippen LogP contribution in [-0.4, -0.2) is 54.6 Å². The van der Waals surface area contributed by atoms with Gasteiger partial charge in [-0.3, -0.25) is 4.79 Å². The van der Waals surface area contributed by atoms with Crippen LogP contribution >= 0.6 is 11.6 Å². The fourth-order valence-electron chi connectivity index (χ4n) is 1.21. The number of hydrogen-bond donors (Lipinski definition) is 1. The zero-order valence-corrected chi connectivity index (χ0v) is 12.5. The first kappa shape index (κ1) is 19.7. The molecule has 1 atom stereocenters. The van der Waals surface area contributed by atoms with E-state index in [0.717, 1.165) is 0 Å². The Balaban J connectivity index is 0. The van der Waals surface area contributed by atoms with Gasteiger partial charge in [0.1, 0.15) is 12.6 Å². The molecule has 0 fully saturated rings. The maximum absolute atomic E-state index is 10.0. The lowest BCUT2D eigenvalue weighted by atomic mass is 10.2. The predicted molar refractivity (Wildman–Crippen MR) is 68.8 cm³/mol. The molecule has 0 aromatic carbocycles. The van der Waals surface area contributed by atoms with Crippen molar-refractivity contribution in [3.63, 3.8) is 0 Å². The van der Waals surface area contributed by atoms with Gasteiger partial charge in [0.2, 0.25) is 5.24 Å². The molecule has 0 saturated carbocycles. The number of nitrogens with zero attached hydrogens (tertiary/aromatic N) is 1. The van der Waals surface area contributed by atoms with Crippen molar-refractivity contribution >= 4 is 22.8 Å². The molecule has 0 aliphatic rings. The third-order valence-electron chi connectivity index (χ3n) is 1.73. The highest BCUT2D eigenvalue weighted by atomic mass is 35.5. The Morgan fingerprint density at radius 1 is 1.22 bits per heavy atom. The van der Waals surface area contributed by atoms with Crippen molar-refractivity contribution in [2.45, 2.75) is 32.8 Å². The van der Waals surface area contributed by atoms with Gasteiger partial charge in [0.25, 0.3) is 0 Å². The molecule has 0 rings (SSSR count). The minimum Gasteiger partial charge on any atom is -0.550 e. The summed E-state index contributed by atoms with van der Waals surface area (Å²) in [5.41, 5.74) is 0. The molecule has 0 aromatic heterocycles. The summed E-state index contributed by atoms with van der Waals surface area (Å²) < 4.78 is 0.550. The molecular weight excluding hydrogens is 258 g/mol. The van der Waals surface area contributed by atoms with Crippen LogP contribution in [0.3, 0.4) is 0 Å². The summed E-state index contributed by atoms with van der Waals surface area (Å²) in [6.07, 6.45) is -0.600. The number of hydrogen-bond acceptors (Lipinski definition) is 4. The molecule has 0 radical (unpaired) electrons. The monoisotopic (exact) mass is 281 g/mol. The third-order valence-corrected chi connectivity index (χ3v) is 1.88. The zero-order valence-electron chi connectivity index (χ0n) is 11.8. The molecule has 1 N–H and O–H groups in total. The normalized spacial score (nSPS) is 12.7. The van der Waals surface area contributed by atoms with E-state index in [4.69, 9.17) is 16.7 Å². The number of carbonyl (C=O) groups is 2. The van der Waals surface area contributed by atoms with Crippen LogP contribution in [0.15, 0.2) is 0 Å². The average molecular weight is 282 g/mol. The van der Waals surface area contributed by atoms with Gasteiger partial charge in [0.15, 0.2) is 0 Å². The lowest BCUT2D eigenvalue weighted by Gasteiger charge is -2.26. The van der Waals surface area contributed by atoms with Gasteiger partial charge in [0.05, 0.1) is 21.1 Å². The van der Waals surface area contributed by atoms with Gasteiger partial charge in [-0.25, -0.2) is 0 Å². The van der Waals surface area contributed by atoms with Crippen LogP contribution in [0.2, 0.25) is 0 Å². The largest absolute Gasteiger partial charge is 0.550 e. The van der Waals surface area contributed by atoms with Crippen molar-refractivity contribution in [2.75, 3.05) is 27.7 Å². The van der Waals surface area contributed by atoms with Gasteiger partial charge in [-0.1, -0.05) is 13.8 Å². The Morgan fingerprint density at radius 2 is 1.67 bits per heavy atom. The van der Waals surface area contributed by atoms with Crippen LogP contribution < -0.4 is 5.11 Å². The van der Waals surface area contributed by atoms with Crippen LogP contribution in [0.1, 0.15) is 26.7 Å². The highest BCUT2D eigenvalue weighted by Crippen LogP contribution is 2.01. The van der Waals surface area contributed by atoms with E-state index in [-0.39, 0.29) is 11.7 Å². The second kappa shape index (κ2) is 9.30. The lowest BCUT2D eigenvalue weighted by Crippen LogP contribution is -2.43. The molecule has 0 aliphatic carbocycles. The molecule has 108 valence electrons. The van der Waals surface area contributed by atoms with E-state index in [1.807, 2.05) is 35.0 Å². The molecule has 0 heterocycles. The zero-order chi connectivity index (χ0) is 14.9. The number of quaternary nitrogens is 1. The molecule has 18 heavy (non-hydrogen) atoms. The molecule has 0 spiro atoms. The van der Waals surface area contributed by atoms with E-state index in [1.165, 1.54) is 0 Å². The summed E-state index contributed by atoms with van der Waals surface area (Å²) in [5.74, 6) is -0.809. The van der Waals surface area contributed by atoms with Crippen molar-refractivity contribution in [2.24, 2.45) is 5.92 Å². The van der Waals surface area contributed by atoms with E-state index < -0.39 is 12.1 Å². The van der Waals surface area contributed by atoms with Gasteiger partial charge < -0.3 is 19.5 Å². The Kier molecular flexibility index (Phi) is 10.2. The van der Waals surface area contributed by atoms with Crippen molar-refractivity contribution in [1.82, 2.24) is 0 Å². The molecule has 0 saturated heterocycles. The first-order valence-electron chi connectivity index (χ1n) is 5.80. The van der Waals surface area contributed by atoms with E-state index >= 15 is 0 Å². The van der Waals surface area contributed by atoms with Gasteiger partial charge in [-0.05, 0) is 17.5 Å². The lowest BCUT2D eigenvalue weighted by molar-refractivity contribution is -0.873. The Morgan fingerprint density at radius 3 is 1.83 bits per heavy atom. The second-order valence-corrected chi connectivity index (χ2v) is 6.08. The molecule has 0 aromatic rings. The van der Waals surface area contributed by atoms with Crippen molar-refractivity contribution < 1.29 is 24.3 Å². The first-order chi connectivity index (χ1) is 7.94. The quantitative estimate of drug-likeness (QED) is 0.549. The second-order valence-electron chi connectivity index (χ2n) is 5.66. The number of likely N-dealkylation sites (N-methyl/N-ethyl adjacent to an activating group) is 1. The van der Waals surface area contributed by atoms with E-state index in [2.05, 4.69) is 0 Å². The molecular formula is C12H24ClNO4. The number of halogens is 1. The molecule has 6 heteroatoms. The summed E-state index contributed by atoms with van der Waals surface area (Å²) in [5, 5.41) is 18.9. The molecule has 0 unspecified atom stereocenters. The minimum atomic E-state index is -1.20. The fraction of sp³-hybridized carbons (Fsp3) is 0.833. The number of aliphatic hydroxyl groups excluding tert-OH is 1. The summed E-state index contributed by atoms with van der Waals surface area (Å²) in [6.45, 7) is 4.34. The maximum atomic E-state index is 10.0. The van der Waals surface area contributed by atoms with Crippen LogP contribution in [0.5, 0.6) is 0 Å². The van der Waals surface area contributed by atoms with Gasteiger partial charge in [-0.2, -0.15) is 0 Å². The number of carbonyl (C=O) groups excluding carboxylic acids is 2. The van der Waals surface area contributed by atoms with Gasteiger partial charge in [0, 0.05) is 18.8 Å². The Hall–Kier alpha value is -0.650. The average Bonchev–Trinajstić information content (AvgIpc) is 1.94. The van der Waals surface area contributed by atoms with Crippen LogP contribution in [0.4, 0.5) is 0 Å². The maximum Gasteiger partial charge on any atom is 0.221 e. The third kappa shape index (κ3) is 20.7. The van der Waals surface area contributed by atoms with Gasteiger partial charge in [-0.15, -0.1) is 0 Å². The number of carboxylic acid groups (broad SMARTS) is 1. The smallest absolute Gasteiger partial charge is 0.221 e. The highest BCUT2D eigenvalue weighted by Gasteiger charge is 2.14. The van der Waals surface area contributed by atoms with Crippen LogP contribution in [0, 0.1) is 5.92 Å². The molecule has 0 aliphatic heterocycles. The van der Waals surface area contributed by atoms with Crippen molar-refractivity contribution in [1.29, 1.82) is 0 Å². The number of aliphatic carboxylic acids is 1. The standard InChI is InChI=1S/C7H15NO3.C5H9ClO/c1-8(2,3)5-6(9)4-7(10)11;1-4(2)3-5(6)7/h6,9H,4-5H2,1-3H3;4H,3H2,1-2H3/t6-;/m1./s1. The summed E-state index contributed by atoms with van der Waals surface area (Å²) in [7, 11) is 5.66. The van der Waals surface area contributed by atoms with Crippen molar-refractivity contribution in [3.05, 3.63) is 0 Å². The van der Waals surface area contributed by atoms with E-state index in [1.54, 1.807) is 0 Å². The minimum absolute atomic E-state index is 0.241. The van der Waals surface area contributed by atoms with Crippen molar-refractivity contribution in [3.8, 4) is 0 Å². The van der Waals surface area contributed by atoms with Gasteiger partial charge >= 0.3 is 0 Å². The number of carboxylic acids is 1. The Bertz CT molecular complexity index is 261. The topological polar surface area (TPSA) is 77.4 Å². The summed E-state index contributed by atoms with van der Waals surface area (Å²) in [4.78, 5) is 20.0. The van der Waals surface area contributed by atoms with Crippen LogP contribution in [-0.2, 0) is 9.59 Å². The van der Waals surface area contributed by atoms with E-state index in [0.29, 0.717) is 23.4 Å². The molecule has 0 amide bonds.